The van der Waals surface area contributed by atoms with Crippen molar-refractivity contribution in [3.05, 3.63) is 30.1 Å². The number of amides is 2. The van der Waals surface area contributed by atoms with Crippen LogP contribution in [0.25, 0.3) is 0 Å². The number of pyridine rings is 1. The van der Waals surface area contributed by atoms with Crippen LogP contribution < -0.4 is 5.32 Å². The van der Waals surface area contributed by atoms with Crippen LogP contribution in [0.4, 0.5) is 0 Å². The molecular formula is C17H23N3O2. The van der Waals surface area contributed by atoms with Gasteiger partial charge in [-0.2, -0.15) is 0 Å². The fraction of sp³-hybridized carbons (Fsp3) is 0.588. The highest BCUT2D eigenvalue weighted by molar-refractivity contribution is 5.81. The van der Waals surface area contributed by atoms with Crippen molar-refractivity contribution in [3.63, 3.8) is 0 Å². The molecule has 1 saturated heterocycles. The number of likely N-dealkylation sites (tertiary alicyclic amines) is 1. The molecule has 1 unspecified atom stereocenters. The molecule has 1 aromatic rings. The van der Waals surface area contributed by atoms with Crippen LogP contribution in [0.1, 0.15) is 50.1 Å². The van der Waals surface area contributed by atoms with Crippen LogP contribution in [0.2, 0.25) is 0 Å². The van der Waals surface area contributed by atoms with Gasteiger partial charge in [0.2, 0.25) is 11.8 Å². The third-order valence-corrected chi connectivity index (χ3v) is 4.48. The maximum atomic E-state index is 12.4. The minimum atomic E-state index is 0.156. The molecule has 22 heavy (non-hydrogen) atoms. The Morgan fingerprint density at radius 3 is 2.73 bits per heavy atom. The van der Waals surface area contributed by atoms with Crippen LogP contribution in [-0.2, 0) is 9.59 Å². The molecule has 5 heteroatoms. The van der Waals surface area contributed by atoms with Crippen molar-refractivity contribution in [2.75, 3.05) is 13.1 Å². The van der Waals surface area contributed by atoms with Crippen molar-refractivity contribution in [1.82, 2.24) is 15.2 Å². The summed E-state index contributed by atoms with van der Waals surface area (Å²) in [6.07, 6.45) is 8.90. The molecule has 1 aliphatic carbocycles. The molecule has 5 nitrogen and oxygen atoms in total. The van der Waals surface area contributed by atoms with E-state index >= 15 is 0 Å². The molecule has 1 aromatic heterocycles. The second-order valence-corrected chi connectivity index (χ2v) is 6.19. The lowest BCUT2D eigenvalue weighted by Gasteiger charge is -2.25. The number of hydrogen-bond donors (Lipinski definition) is 1. The first-order valence-corrected chi connectivity index (χ1v) is 8.23. The highest BCUT2D eigenvalue weighted by Crippen LogP contribution is 2.32. The molecule has 0 spiro atoms. The lowest BCUT2D eigenvalue weighted by molar-refractivity contribution is -0.132. The molecular weight excluding hydrogens is 278 g/mol. The smallest absolute Gasteiger partial charge is 0.223 e. The summed E-state index contributed by atoms with van der Waals surface area (Å²) in [5, 5.41) is 2.92. The van der Waals surface area contributed by atoms with Gasteiger partial charge in [0.25, 0.3) is 0 Å². The molecule has 3 rings (SSSR count). The normalized spacial score (nSPS) is 20.9. The highest BCUT2D eigenvalue weighted by Gasteiger charge is 2.30. The molecule has 1 saturated carbocycles. The van der Waals surface area contributed by atoms with E-state index in [0.717, 1.165) is 38.6 Å². The van der Waals surface area contributed by atoms with Crippen molar-refractivity contribution in [1.29, 1.82) is 0 Å². The highest BCUT2D eigenvalue weighted by atomic mass is 16.2. The number of hydrogen-bond acceptors (Lipinski definition) is 3. The number of nitrogens with one attached hydrogen (secondary N) is 1. The fourth-order valence-corrected chi connectivity index (χ4v) is 3.08. The number of aromatic nitrogens is 1. The predicted molar refractivity (Wildman–Crippen MR) is 82.9 cm³/mol. The molecule has 1 aliphatic heterocycles. The summed E-state index contributed by atoms with van der Waals surface area (Å²) in [4.78, 5) is 30.0. The van der Waals surface area contributed by atoms with Crippen molar-refractivity contribution in [2.45, 2.75) is 44.6 Å². The molecule has 0 bridgehead atoms. The zero-order valence-electron chi connectivity index (χ0n) is 12.8. The van der Waals surface area contributed by atoms with Gasteiger partial charge in [0.05, 0.1) is 6.04 Å². The van der Waals surface area contributed by atoms with E-state index in [4.69, 9.17) is 0 Å². The number of rotatable bonds is 6. The van der Waals surface area contributed by atoms with Crippen LogP contribution in [0, 0.1) is 5.92 Å². The third kappa shape index (κ3) is 3.64. The van der Waals surface area contributed by atoms with E-state index in [1.807, 2.05) is 17.0 Å². The van der Waals surface area contributed by atoms with E-state index in [9.17, 15) is 9.59 Å². The molecule has 2 amide bonds. The maximum Gasteiger partial charge on any atom is 0.223 e. The Morgan fingerprint density at radius 2 is 2.00 bits per heavy atom. The lowest BCUT2D eigenvalue weighted by atomic mass is 10.1. The molecule has 0 aromatic carbocycles. The average molecular weight is 301 g/mol. The van der Waals surface area contributed by atoms with E-state index in [2.05, 4.69) is 10.3 Å². The molecule has 2 aliphatic rings. The number of carbonyl (C=O) groups excluding carboxylic acids is 2. The summed E-state index contributed by atoms with van der Waals surface area (Å²) in [6, 6.07) is 4.18. The minimum absolute atomic E-state index is 0.156. The molecule has 0 radical (unpaired) electrons. The Balaban J connectivity index is 1.45. The van der Waals surface area contributed by atoms with Gasteiger partial charge in [-0.05, 0) is 49.8 Å². The van der Waals surface area contributed by atoms with Gasteiger partial charge in [0, 0.05) is 37.8 Å². The molecule has 2 heterocycles. The van der Waals surface area contributed by atoms with E-state index in [1.54, 1.807) is 12.4 Å². The van der Waals surface area contributed by atoms with Gasteiger partial charge in [0.15, 0.2) is 0 Å². The van der Waals surface area contributed by atoms with E-state index in [1.165, 1.54) is 5.56 Å². The molecule has 1 N–H and O–H groups in total. The third-order valence-electron chi connectivity index (χ3n) is 4.48. The van der Waals surface area contributed by atoms with Crippen LogP contribution in [-0.4, -0.2) is 34.8 Å². The zero-order chi connectivity index (χ0) is 15.4. The molecule has 118 valence electrons. The van der Waals surface area contributed by atoms with Gasteiger partial charge < -0.3 is 10.2 Å². The van der Waals surface area contributed by atoms with Crippen LogP contribution in [0.5, 0.6) is 0 Å². The van der Waals surface area contributed by atoms with E-state index < -0.39 is 0 Å². The van der Waals surface area contributed by atoms with Gasteiger partial charge in [-0.25, -0.2) is 0 Å². The molecule has 2 fully saturated rings. The molecule has 1 atom stereocenters. The van der Waals surface area contributed by atoms with Gasteiger partial charge >= 0.3 is 0 Å². The van der Waals surface area contributed by atoms with Crippen molar-refractivity contribution < 1.29 is 9.59 Å². The zero-order valence-corrected chi connectivity index (χ0v) is 12.8. The van der Waals surface area contributed by atoms with E-state index in [0.29, 0.717) is 13.0 Å². The Labute approximate surface area is 131 Å². The summed E-state index contributed by atoms with van der Waals surface area (Å²) in [5.74, 6) is 0.591. The monoisotopic (exact) mass is 301 g/mol. The quantitative estimate of drug-likeness (QED) is 0.818. The Morgan fingerprint density at radius 1 is 1.23 bits per heavy atom. The van der Waals surface area contributed by atoms with Crippen LogP contribution in [0.15, 0.2) is 24.5 Å². The fourth-order valence-electron chi connectivity index (χ4n) is 3.08. The number of carbonyl (C=O) groups is 2. The second kappa shape index (κ2) is 6.90. The summed E-state index contributed by atoms with van der Waals surface area (Å²) < 4.78 is 0. The Kier molecular flexibility index (Phi) is 4.71. The topological polar surface area (TPSA) is 62.3 Å². The van der Waals surface area contributed by atoms with Gasteiger partial charge in [-0.1, -0.05) is 0 Å². The van der Waals surface area contributed by atoms with Crippen molar-refractivity contribution in [3.8, 4) is 0 Å². The lowest BCUT2D eigenvalue weighted by Crippen LogP contribution is -2.32. The summed E-state index contributed by atoms with van der Waals surface area (Å²) >= 11 is 0. The van der Waals surface area contributed by atoms with Crippen LogP contribution in [0.3, 0.4) is 0 Å². The SMILES string of the molecule is O=C(NCCCC(=O)N1CCCC1c1ccncc1)C1CC1. The summed E-state index contributed by atoms with van der Waals surface area (Å²) in [6.45, 7) is 1.44. The standard InChI is InChI=1S/C17H23N3O2/c21-16(4-1-9-19-17(22)14-5-6-14)20-12-2-3-15(20)13-7-10-18-11-8-13/h7-8,10-11,14-15H,1-6,9,12H2,(H,19,22). The van der Waals surface area contributed by atoms with Crippen LogP contribution >= 0.6 is 0 Å². The summed E-state index contributed by atoms with van der Waals surface area (Å²) in [5.41, 5.74) is 1.17. The Bertz CT molecular complexity index is 528. The first-order chi connectivity index (χ1) is 10.8. The van der Waals surface area contributed by atoms with Gasteiger partial charge in [0.1, 0.15) is 0 Å². The maximum absolute atomic E-state index is 12.4. The van der Waals surface area contributed by atoms with Gasteiger partial charge in [-0.3, -0.25) is 14.6 Å². The van der Waals surface area contributed by atoms with Crippen molar-refractivity contribution in [2.24, 2.45) is 5.92 Å². The van der Waals surface area contributed by atoms with E-state index in [-0.39, 0.29) is 23.8 Å². The largest absolute Gasteiger partial charge is 0.356 e. The first kappa shape index (κ1) is 15.0. The average Bonchev–Trinajstić information content (AvgIpc) is 3.29. The van der Waals surface area contributed by atoms with Crippen molar-refractivity contribution >= 4 is 11.8 Å². The minimum Gasteiger partial charge on any atom is -0.356 e. The summed E-state index contributed by atoms with van der Waals surface area (Å²) in [7, 11) is 0. The Hall–Kier alpha value is -1.91. The first-order valence-electron chi connectivity index (χ1n) is 8.23. The van der Waals surface area contributed by atoms with Gasteiger partial charge in [-0.15, -0.1) is 0 Å². The number of nitrogens with zero attached hydrogens (tertiary/aromatic N) is 2. The second-order valence-electron chi connectivity index (χ2n) is 6.19. The predicted octanol–water partition coefficient (Wildman–Crippen LogP) is 2.05.